The smallest absolute Gasteiger partial charge is 0.128 e. The molecule has 1 rings (SSSR count). The Hall–Kier alpha value is 0.360. The van der Waals surface area contributed by atoms with Gasteiger partial charge in [0.2, 0.25) is 0 Å². The van der Waals surface area contributed by atoms with Crippen LogP contribution in [0.2, 0.25) is 0 Å². The van der Waals surface area contributed by atoms with Gasteiger partial charge in [0, 0.05) is 8.04 Å². The fraction of sp³-hybridized carbons (Fsp3) is 0.143. The fourth-order valence-electron chi connectivity index (χ4n) is 0.614. The number of hydrogen-bond donors (Lipinski definition) is 0. The molecule has 0 nitrogen and oxygen atoms in total. The third kappa shape index (κ3) is 1.69. The van der Waals surface area contributed by atoms with Crippen molar-refractivity contribution in [3.05, 3.63) is 31.6 Å². The van der Waals surface area contributed by atoms with Crippen LogP contribution in [0.1, 0.15) is 5.56 Å². The van der Waals surface area contributed by atoms with Gasteiger partial charge in [-0.1, -0.05) is 15.9 Å². The molecule has 0 aliphatic carbocycles. The summed E-state index contributed by atoms with van der Waals surface area (Å²) < 4.78 is 14.5. The molecular formula is C7H5BrFI. The van der Waals surface area contributed by atoms with Crippen LogP contribution < -0.4 is 0 Å². The molecule has 0 saturated carbocycles. The van der Waals surface area contributed by atoms with Crippen LogP contribution in [0.4, 0.5) is 4.39 Å². The fourth-order valence-corrected chi connectivity index (χ4v) is 2.07. The Morgan fingerprint density at radius 2 is 2.10 bits per heavy atom. The molecule has 0 fully saturated rings. The minimum absolute atomic E-state index is 0.154. The molecule has 0 saturated heterocycles. The molecule has 10 heavy (non-hydrogen) atoms. The first-order valence-corrected chi connectivity index (χ1v) is 4.59. The molecule has 0 amide bonds. The van der Waals surface area contributed by atoms with E-state index < -0.39 is 0 Å². The van der Waals surface area contributed by atoms with Crippen LogP contribution in [-0.2, 0) is 0 Å². The van der Waals surface area contributed by atoms with Crippen molar-refractivity contribution < 1.29 is 4.39 Å². The van der Waals surface area contributed by atoms with E-state index in [1.807, 2.05) is 6.07 Å². The number of halogens is 3. The molecule has 0 aliphatic heterocycles. The summed E-state index contributed by atoms with van der Waals surface area (Å²) in [5.41, 5.74) is 0.712. The van der Waals surface area contributed by atoms with E-state index in [0.717, 1.165) is 8.04 Å². The summed E-state index contributed by atoms with van der Waals surface area (Å²) in [6.07, 6.45) is 0. The van der Waals surface area contributed by atoms with E-state index in [1.54, 1.807) is 6.92 Å². The van der Waals surface area contributed by atoms with E-state index in [9.17, 15) is 4.39 Å². The summed E-state index contributed by atoms with van der Waals surface area (Å²) in [5.74, 6) is -0.154. The number of rotatable bonds is 0. The van der Waals surface area contributed by atoms with Crippen LogP contribution in [0.25, 0.3) is 0 Å². The summed E-state index contributed by atoms with van der Waals surface area (Å²) in [6.45, 7) is 1.77. The summed E-state index contributed by atoms with van der Waals surface area (Å²) in [6, 6.07) is 3.36. The monoisotopic (exact) mass is 314 g/mol. The van der Waals surface area contributed by atoms with Crippen LogP contribution in [0.5, 0.6) is 0 Å². The average molecular weight is 315 g/mol. The van der Waals surface area contributed by atoms with Crippen LogP contribution in [0.3, 0.4) is 0 Å². The molecule has 0 aliphatic rings. The molecule has 0 atom stereocenters. The van der Waals surface area contributed by atoms with Gasteiger partial charge < -0.3 is 0 Å². The largest absolute Gasteiger partial charge is 0.207 e. The first kappa shape index (κ1) is 8.46. The standard InChI is InChI=1S/C7H5BrFI/c1-4-6(9)2-5(8)3-7(4)10/h2-3H,1H3. The molecule has 0 bridgehead atoms. The molecule has 0 aromatic heterocycles. The van der Waals surface area contributed by atoms with Gasteiger partial charge in [-0.25, -0.2) is 4.39 Å². The minimum Gasteiger partial charge on any atom is -0.207 e. The van der Waals surface area contributed by atoms with Crippen LogP contribution in [0, 0.1) is 16.3 Å². The molecular weight excluding hydrogens is 310 g/mol. The van der Waals surface area contributed by atoms with E-state index in [4.69, 9.17) is 0 Å². The normalized spacial score (nSPS) is 10.0. The van der Waals surface area contributed by atoms with Gasteiger partial charge in [-0.2, -0.15) is 0 Å². The molecule has 0 spiro atoms. The van der Waals surface area contributed by atoms with Crippen LogP contribution in [0.15, 0.2) is 16.6 Å². The molecule has 0 unspecified atom stereocenters. The quantitative estimate of drug-likeness (QED) is 0.643. The van der Waals surface area contributed by atoms with Gasteiger partial charge in [0.25, 0.3) is 0 Å². The predicted octanol–water partition coefficient (Wildman–Crippen LogP) is 3.50. The predicted molar refractivity (Wildman–Crippen MR) is 51.6 cm³/mol. The van der Waals surface area contributed by atoms with Crippen molar-refractivity contribution in [3.63, 3.8) is 0 Å². The molecule has 3 heteroatoms. The van der Waals surface area contributed by atoms with E-state index in [2.05, 4.69) is 38.5 Å². The lowest BCUT2D eigenvalue weighted by Gasteiger charge is -1.99. The van der Waals surface area contributed by atoms with Crippen LogP contribution in [-0.4, -0.2) is 0 Å². The van der Waals surface area contributed by atoms with Crippen molar-refractivity contribution in [3.8, 4) is 0 Å². The van der Waals surface area contributed by atoms with E-state index >= 15 is 0 Å². The first-order valence-electron chi connectivity index (χ1n) is 2.72. The van der Waals surface area contributed by atoms with Gasteiger partial charge >= 0.3 is 0 Å². The average Bonchev–Trinajstić information content (AvgIpc) is 1.82. The van der Waals surface area contributed by atoms with Gasteiger partial charge in [-0.15, -0.1) is 0 Å². The molecule has 0 N–H and O–H groups in total. The van der Waals surface area contributed by atoms with Crippen molar-refractivity contribution in [1.29, 1.82) is 0 Å². The molecule has 0 radical (unpaired) electrons. The second kappa shape index (κ2) is 3.17. The lowest BCUT2D eigenvalue weighted by molar-refractivity contribution is 0.616. The second-order valence-electron chi connectivity index (χ2n) is 1.99. The highest BCUT2D eigenvalue weighted by molar-refractivity contribution is 14.1. The summed E-state index contributed by atoms with van der Waals surface area (Å²) in [5, 5.41) is 0. The zero-order valence-electron chi connectivity index (χ0n) is 5.29. The van der Waals surface area contributed by atoms with E-state index in [1.165, 1.54) is 6.07 Å². The molecule has 0 heterocycles. The SMILES string of the molecule is Cc1c(F)cc(Br)cc1I. The van der Waals surface area contributed by atoms with E-state index in [-0.39, 0.29) is 5.82 Å². The van der Waals surface area contributed by atoms with Gasteiger partial charge in [0.05, 0.1) is 0 Å². The van der Waals surface area contributed by atoms with Gasteiger partial charge in [0.1, 0.15) is 5.82 Å². The highest BCUT2D eigenvalue weighted by Gasteiger charge is 2.01. The zero-order chi connectivity index (χ0) is 7.72. The van der Waals surface area contributed by atoms with Crippen molar-refractivity contribution in [2.24, 2.45) is 0 Å². The Labute approximate surface area is 81.1 Å². The number of benzene rings is 1. The maximum Gasteiger partial charge on any atom is 0.128 e. The van der Waals surface area contributed by atoms with Crippen LogP contribution >= 0.6 is 38.5 Å². The molecule has 1 aromatic rings. The van der Waals surface area contributed by atoms with Gasteiger partial charge in [0.15, 0.2) is 0 Å². The Morgan fingerprint density at radius 1 is 1.50 bits per heavy atom. The third-order valence-corrected chi connectivity index (χ3v) is 2.82. The first-order chi connectivity index (χ1) is 4.61. The van der Waals surface area contributed by atoms with Gasteiger partial charge in [-0.3, -0.25) is 0 Å². The zero-order valence-corrected chi connectivity index (χ0v) is 9.03. The Kier molecular flexibility index (Phi) is 2.68. The van der Waals surface area contributed by atoms with Gasteiger partial charge in [-0.05, 0) is 47.2 Å². The molecule has 54 valence electrons. The summed E-state index contributed by atoms with van der Waals surface area (Å²) in [7, 11) is 0. The maximum atomic E-state index is 12.8. The van der Waals surface area contributed by atoms with Crippen molar-refractivity contribution >= 4 is 38.5 Å². The lowest BCUT2D eigenvalue weighted by Crippen LogP contribution is -1.85. The van der Waals surface area contributed by atoms with E-state index in [0.29, 0.717) is 5.56 Å². The summed E-state index contributed by atoms with van der Waals surface area (Å²) >= 11 is 5.31. The van der Waals surface area contributed by atoms with Crippen molar-refractivity contribution in [2.45, 2.75) is 6.92 Å². The Bertz CT molecular complexity index is 237. The van der Waals surface area contributed by atoms with Crippen molar-refractivity contribution in [2.75, 3.05) is 0 Å². The highest BCUT2D eigenvalue weighted by Crippen LogP contribution is 2.20. The van der Waals surface area contributed by atoms with Crippen molar-refractivity contribution in [1.82, 2.24) is 0 Å². The Balaban J connectivity index is 3.31. The second-order valence-corrected chi connectivity index (χ2v) is 4.07. The molecule has 1 aromatic carbocycles. The minimum atomic E-state index is -0.154. The lowest BCUT2D eigenvalue weighted by atomic mass is 10.2. The third-order valence-electron chi connectivity index (χ3n) is 1.25. The maximum absolute atomic E-state index is 12.8. The Morgan fingerprint density at radius 3 is 2.60 bits per heavy atom. The summed E-state index contributed by atoms with van der Waals surface area (Å²) in [4.78, 5) is 0. The topological polar surface area (TPSA) is 0 Å². The highest BCUT2D eigenvalue weighted by atomic mass is 127. The number of hydrogen-bond acceptors (Lipinski definition) is 0.